The number of carboxylic acid groups (broad SMARTS) is 1. The molecule has 146 valence electrons. The molecule has 2 rings (SSSR count). The minimum Gasteiger partial charge on any atom is -0.481 e. The third-order valence-corrected chi connectivity index (χ3v) is 4.42. The Balaban J connectivity index is 1.96. The lowest BCUT2D eigenvalue weighted by Crippen LogP contribution is -2.39. The normalized spacial score (nSPS) is 26.5. The van der Waals surface area contributed by atoms with Gasteiger partial charge in [0.2, 0.25) is 0 Å². The fourth-order valence-electron chi connectivity index (χ4n) is 3.32. The highest BCUT2D eigenvalue weighted by molar-refractivity contribution is 5.72. The summed E-state index contributed by atoms with van der Waals surface area (Å²) in [4.78, 5) is 23.2. The molecule has 1 saturated heterocycles. The second kappa shape index (κ2) is 8.16. The van der Waals surface area contributed by atoms with Crippen LogP contribution in [0.15, 0.2) is 23.3 Å². The maximum Gasteiger partial charge on any atom is 0.407 e. The number of hydrogen-bond acceptors (Lipinski definition) is 4. The van der Waals surface area contributed by atoms with Crippen molar-refractivity contribution in [3.8, 4) is 0 Å². The zero-order chi connectivity index (χ0) is 19.5. The number of aliphatic carboxylic acids is 1. The molecule has 6 nitrogen and oxygen atoms in total. The third kappa shape index (κ3) is 5.27. The highest BCUT2D eigenvalue weighted by Gasteiger charge is 2.41. The number of nitrogens with one attached hydrogen (secondary N) is 2. The topological polar surface area (TPSA) is 87.7 Å². The number of rotatable bonds is 5. The van der Waals surface area contributed by atoms with Crippen LogP contribution in [0.5, 0.6) is 0 Å². The molecule has 0 aromatic carbocycles. The van der Waals surface area contributed by atoms with E-state index >= 15 is 0 Å². The van der Waals surface area contributed by atoms with Crippen molar-refractivity contribution < 1.29 is 28.2 Å². The van der Waals surface area contributed by atoms with Crippen molar-refractivity contribution in [3.05, 3.63) is 23.3 Å². The van der Waals surface area contributed by atoms with E-state index in [9.17, 15) is 23.5 Å². The number of halogens is 2. The van der Waals surface area contributed by atoms with E-state index in [4.69, 9.17) is 4.74 Å². The Kier molecular flexibility index (Phi) is 6.39. The Morgan fingerprint density at radius 1 is 1.38 bits per heavy atom. The van der Waals surface area contributed by atoms with E-state index in [1.54, 1.807) is 20.8 Å². The summed E-state index contributed by atoms with van der Waals surface area (Å²) in [6.45, 7) is 5.42. The van der Waals surface area contributed by atoms with Crippen molar-refractivity contribution in [2.75, 3.05) is 6.54 Å². The number of hydrogen-bond donors (Lipinski definition) is 3. The molecule has 1 aliphatic heterocycles. The molecule has 3 unspecified atom stereocenters. The first-order valence-electron chi connectivity index (χ1n) is 8.78. The van der Waals surface area contributed by atoms with E-state index in [2.05, 4.69) is 10.6 Å². The second-order valence-corrected chi connectivity index (χ2v) is 7.63. The summed E-state index contributed by atoms with van der Waals surface area (Å²) in [6, 6.07) is -1.18. The summed E-state index contributed by atoms with van der Waals surface area (Å²) < 4.78 is 33.2. The van der Waals surface area contributed by atoms with Gasteiger partial charge >= 0.3 is 12.1 Å². The maximum absolute atomic E-state index is 14.1. The molecule has 1 aliphatic carbocycles. The van der Waals surface area contributed by atoms with Crippen molar-refractivity contribution in [3.63, 3.8) is 0 Å². The van der Waals surface area contributed by atoms with Crippen LogP contribution in [-0.2, 0) is 9.53 Å². The molecule has 26 heavy (non-hydrogen) atoms. The van der Waals surface area contributed by atoms with Crippen LogP contribution in [0.2, 0.25) is 0 Å². The van der Waals surface area contributed by atoms with Crippen LogP contribution in [0, 0.1) is 5.92 Å². The van der Waals surface area contributed by atoms with Gasteiger partial charge in [0.15, 0.2) is 0 Å². The molecule has 3 atom stereocenters. The van der Waals surface area contributed by atoms with Gasteiger partial charge in [-0.1, -0.05) is 0 Å². The first-order chi connectivity index (χ1) is 12.1. The average molecular weight is 372 g/mol. The smallest absolute Gasteiger partial charge is 0.407 e. The molecule has 0 spiro atoms. The van der Waals surface area contributed by atoms with E-state index in [1.807, 2.05) is 0 Å². The molecule has 0 saturated carbocycles. The Morgan fingerprint density at radius 2 is 2.08 bits per heavy atom. The van der Waals surface area contributed by atoms with Crippen LogP contribution < -0.4 is 10.6 Å². The van der Waals surface area contributed by atoms with Crippen molar-refractivity contribution in [2.24, 2.45) is 5.92 Å². The van der Waals surface area contributed by atoms with Gasteiger partial charge < -0.3 is 20.5 Å². The lowest BCUT2D eigenvalue weighted by Gasteiger charge is -2.21. The Hall–Kier alpha value is -1.96. The van der Waals surface area contributed by atoms with E-state index in [1.165, 1.54) is 6.08 Å². The maximum atomic E-state index is 14.1. The van der Waals surface area contributed by atoms with Gasteiger partial charge in [0, 0.05) is 30.6 Å². The van der Waals surface area contributed by atoms with E-state index in [0.29, 0.717) is 12.8 Å². The standard InChI is InChI=1S/C18H26F2N2O4/c1-18(2,3)26-17(25)21-8-7-13-10(16(23)24)9-14(22-13)15-11(19)5-4-6-12(15)20/h5,10,13-14,22H,4,6-9H2,1-3H3,(H,21,25)(H,23,24). The highest BCUT2D eigenvalue weighted by atomic mass is 19.1. The fraction of sp³-hybridized carbons (Fsp3) is 0.667. The summed E-state index contributed by atoms with van der Waals surface area (Å²) in [5, 5.41) is 15.0. The predicted molar refractivity (Wildman–Crippen MR) is 91.9 cm³/mol. The van der Waals surface area contributed by atoms with E-state index in [-0.39, 0.29) is 25.0 Å². The molecular weight excluding hydrogens is 346 g/mol. The van der Waals surface area contributed by atoms with Crippen LogP contribution in [0.4, 0.5) is 13.6 Å². The van der Waals surface area contributed by atoms with Crippen molar-refractivity contribution >= 4 is 12.1 Å². The van der Waals surface area contributed by atoms with Crippen LogP contribution in [0.25, 0.3) is 0 Å². The summed E-state index contributed by atoms with van der Waals surface area (Å²) in [7, 11) is 0. The summed E-state index contributed by atoms with van der Waals surface area (Å²) in [5.41, 5.74) is -0.690. The first-order valence-corrected chi connectivity index (χ1v) is 8.78. The van der Waals surface area contributed by atoms with Gasteiger partial charge in [-0.25, -0.2) is 13.6 Å². The van der Waals surface area contributed by atoms with E-state index in [0.717, 1.165) is 0 Å². The number of allylic oxidation sites excluding steroid dienone is 2. The van der Waals surface area contributed by atoms with Crippen molar-refractivity contribution in [1.29, 1.82) is 0 Å². The van der Waals surface area contributed by atoms with Gasteiger partial charge in [-0.2, -0.15) is 0 Å². The average Bonchev–Trinajstić information content (AvgIpc) is 2.89. The van der Waals surface area contributed by atoms with Crippen LogP contribution in [0.1, 0.15) is 46.5 Å². The largest absolute Gasteiger partial charge is 0.481 e. The van der Waals surface area contributed by atoms with Crippen LogP contribution in [0.3, 0.4) is 0 Å². The molecule has 1 amide bonds. The summed E-state index contributed by atoms with van der Waals surface area (Å²) in [6.07, 6.45) is 1.59. The fourth-order valence-corrected chi connectivity index (χ4v) is 3.32. The number of carbonyl (C=O) groups is 2. The van der Waals surface area contributed by atoms with Gasteiger partial charge in [-0.05, 0) is 46.1 Å². The van der Waals surface area contributed by atoms with Gasteiger partial charge in [0.25, 0.3) is 0 Å². The number of alkyl carbamates (subject to hydrolysis) is 1. The third-order valence-electron chi connectivity index (χ3n) is 4.42. The summed E-state index contributed by atoms with van der Waals surface area (Å²) in [5.74, 6) is -2.96. The number of amides is 1. The molecule has 0 aromatic heterocycles. The monoisotopic (exact) mass is 372 g/mol. The summed E-state index contributed by atoms with van der Waals surface area (Å²) >= 11 is 0. The molecule has 1 fully saturated rings. The molecular formula is C18H26F2N2O4. The molecule has 8 heteroatoms. The number of ether oxygens (including phenoxy) is 1. The SMILES string of the molecule is CC(C)(C)OC(=O)NCCC1NC(C2=C(F)CCC=C2F)CC1C(=O)O. The Labute approximate surface area is 151 Å². The zero-order valence-electron chi connectivity index (χ0n) is 15.3. The molecule has 1 heterocycles. The zero-order valence-corrected chi connectivity index (χ0v) is 15.3. The van der Waals surface area contributed by atoms with Crippen LogP contribution >= 0.6 is 0 Å². The number of carboxylic acids is 1. The van der Waals surface area contributed by atoms with Gasteiger partial charge in [0.05, 0.1) is 5.92 Å². The molecule has 0 bridgehead atoms. The Morgan fingerprint density at radius 3 is 2.65 bits per heavy atom. The van der Waals surface area contributed by atoms with Gasteiger partial charge in [0.1, 0.15) is 17.3 Å². The molecule has 2 aliphatic rings. The van der Waals surface area contributed by atoms with Gasteiger partial charge in [-0.3, -0.25) is 4.79 Å². The predicted octanol–water partition coefficient (Wildman–Crippen LogP) is 3.20. The van der Waals surface area contributed by atoms with E-state index < -0.39 is 47.3 Å². The minimum atomic E-state index is -1.02. The molecule has 3 N–H and O–H groups in total. The molecule has 0 radical (unpaired) electrons. The minimum absolute atomic E-state index is 0.0647. The lowest BCUT2D eigenvalue weighted by atomic mass is 9.92. The second-order valence-electron chi connectivity index (χ2n) is 7.63. The highest BCUT2D eigenvalue weighted by Crippen LogP contribution is 2.36. The van der Waals surface area contributed by atoms with Gasteiger partial charge in [-0.15, -0.1) is 0 Å². The lowest BCUT2D eigenvalue weighted by molar-refractivity contribution is -0.142. The quantitative estimate of drug-likeness (QED) is 0.690. The Bertz CT molecular complexity index is 625. The number of carbonyl (C=O) groups excluding carboxylic acids is 1. The van der Waals surface area contributed by atoms with Crippen LogP contribution in [-0.4, -0.2) is 41.4 Å². The van der Waals surface area contributed by atoms with Crippen molar-refractivity contribution in [1.82, 2.24) is 10.6 Å². The molecule has 0 aromatic rings. The first kappa shape index (κ1) is 20.4. The van der Waals surface area contributed by atoms with Crippen molar-refractivity contribution in [2.45, 2.75) is 64.1 Å².